The number of likely N-dealkylation sites (N-methyl/N-ethyl adjacent to an activating group) is 1. The third-order valence-corrected chi connectivity index (χ3v) is 4.93. The number of aromatic nitrogens is 1. The van der Waals surface area contributed by atoms with E-state index in [4.69, 9.17) is 5.73 Å². The Labute approximate surface area is 127 Å². The number of aliphatic hydroxyl groups is 1. The van der Waals surface area contributed by atoms with Gasteiger partial charge in [0.2, 0.25) is 0 Å². The van der Waals surface area contributed by atoms with E-state index in [1.54, 1.807) is 14.0 Å². The van der Waals surface area contributed by atoms with E-state index in [1.807, 2.05) is 0 Å². The molecule has 0 spiro atoms. The van der Waals surface area contributed by atoms with Crippen molar-refractivity contribution >= 4 is 33.1 Å². The summed E-state index contributed by atoms with van der Waals surface area (Å²) in [5.41, 5.74) is 9.07. The molecule has 0 bridgehead atoms. The first-order valence-electron chi connectivity index (χ1n) is 7.11. The van der Waals surface area contributed by atoms with Crippen molar-refractivity contribution in [1.82, 2.24) is 9.88 Å². The molecule has 0 saturated heterocycles. The molecule has 0 aromatic carbocycles. The molecule has 3 rings (SSSR count). The minimum Gasteiger partial charge on any atom is -0.397 e. The lowest BCUT2D eigenvalue weighted by Gasteiger charge is -2.18. The lowest BCUT2D eigenvalue weighted by molar-refractivity contribution is 0.0709. The van der Waals surface area contributed by atoms with Gasteiger partial charge in [0.25, 0.3) is 5.91 Å². The highest BCUT2D eigenvalue weighted by Crippen LogP contribution is 2.36. The van der Waals surface area contributed by atoms with Crippen molar-refractivity contribution in [3.8, 4) is 0 Å². The van der Waals surface area contributed by atoms with Crippen LogP contribution in [0.2, 0.25) is 0 Å². The highest BCUT2D eigenvalue weighted by atomic mass is 32.1. The third kappa shape index (κ3) is 2.49. The van der Waals surface area contributed by atoms with Gasteiger partial charge in [-0.3, -0.25) is 4.79 Å². The maximum absolute atomic E-state index is 12.4. The Hall–Kier alpha value is -1.66. The van der Waals surface area contributed by atoms with E-state index in [0.29, 0.717) is 10.6 Å². The fourth-order valence-electron chi connectivity index (χ4n) is 2.81. The fraction of sp³-hybridized carbons (Fsp3) is 0.467. The molecule has 1 aliphatic rings. The number of thiophene rings is 1. The number of anilines is 1. The lowest BCUT2D eigenvalue weighted by Crippen LogP contribution is -2.32. The standard InChI is InChI=1S/C15H19N3O2S/c1-8(19)7-18(2)15(20)13-12(16)10-6-9-4-3-5-11(9)17-14(10)21-13/h6,8,19H,3-5,7,16H2,1-2H3. The van der Waals surface area contributed by atoms with Crippen LogP contribution in [0.1, 0.15) is 34.3 Å². The van der Waals surface area contributed by atoms with Gasteiger partial charge in [-0.2, -0.15) is 0 Å². The average Bonchev–Trinajstić information content (AvgIpc) is 2.99. The zero-order chi connectivity index (χ0) is 15.1. The molecule has 0 fully saturated rings. The van der Waals surface area contributed by atoms with Crippen molar-refractivity contribution in [1.29, 1.82) is 0 Å². The molecular weight excluding hydrogens is 286 g/mol. The van der Waals surface area contributed by atoms with Crippen LogP contribution in [0.5, 0.6) is 0 Å². The Balaban J connectivity index is 2.00. The molecule has 0 aliphatic heterocycles. The second kappa shape index (κ2) is 5.27. The Morgan fingerprint density at radius 2 is 2.33 bits per heavy atom. The van der Waals surface area contributed by atoms with Gasteiger partial charge in [0.15, 0.2) is 0 Å². The van der Waals surface area contributed by atoms with Gasteiger partial charge in [-0.15, -0.1) is 11.3 Å². The van der Waals surface area contributed by atoms with Crippen LogP contribution >= 0.6 is 11.3 Å². The highest BCUT2D eigenvalue weighted by molar-refractivity contribution is 7.21. The molecule has 2 heterocycles. The summed E-state index contributed by atoms with van der Waals surface area (Å²) in [6.07, 6.45) is 2.63. The first kappa shape index (κ1) is 14.3. The van der Waals surface area contributed by atoms with E-state index in [9.17, 15) is 9.90 Å². The fourth-order valence-corrected chi connectivity index (χ4v) is 3.90. The van der Waals surface area contributed by atoms with Gasteiger partial charge in [-0.1, -0.05) is 0 Å². The van der Waals surface area contributed by atoms with E-state index < -0.39 is 6.10 Å². The number of amides is 1. The largest absolute Gasteiger partial charge is 0.397 e. The molecule has 3 N–H and O–H groups in total. The summed E-state index contributed by atoms with van der Waals surface area (Å²) in [7, 11) is 1.67. The maximum atomic E-state index is 12.4. The van der Waals surface area contributed by atoms with Crippen LogP contribution in [0.4, 0.5) is 5.69 Å². The van der Waals surface area contributed by atoms with Crippen molar-refractivity contribution in [3.63, 3.8) is 0 Å². The van der Waals surface area contributed by atoms with Gasteiger partial charge in [0.05, 0.1) is 11.8 Å². The summed E-state index contributed by atoms with van der Waals surface area (Å²) in [4.78, 5) is 20.0. The summed E-state index contributed by atoms with van der Waals surface area (Å²) >= 11 is 1.34. The molecule has 5 nitrogen and oxygen atoms in total. The first-order chi connectivity index (χ1) is 9.97. The lowest BCUT2D eigenvalue weighted by atomic mass is 10.1. The second-order valence-electron chi connectivity index (χ2n) is 5.68. The van der Waals surface area contributed by atoms with E-state index in [2.05, 4.69) is 11.1 Å². The van der Waals surface area contributed by atoms with Crippen molar-refractivity contribution in [2.75, 3.05) is 19.3 Å². The maximum Gasteiger partial charge on any atom is 0.265 e. The molecule has 21 heavy (non-hydrogen) atoms. The van der Waals surface area contributed by atoms with Crippen molar-refractivity contribution < 1.29 is 9.90 Å². The third-order valence-electron chi connectivity index (χ3n) is 3.83. The van der Waals surface area contributed by atoms with E-state index in [1.165, 1.54) is 21.8 Å². The van der Waals surface area contributed by atoms with Gasteiger partial charge in [0.1, 0.15) is 9.71 Å². The van der Waals surface area contributed by atoms with Gasteiger partial charge < -0.3 is 15.7 Å². The molecule has 1 unspecified atom stereocenters. The summed E-state index contributed by atoms with van der Waals surface area (Å²) in [5, 5.41) is 10.3. The highest BCUT2D eigenvalue weighted by Gasteiger charge is 2.23. The minimum absolute atomic E-state index is 0.156. The van der Waals surface area contributed by atoms with Gasteiger partial charge >= 0.3 is 0 Å². The topological polar surface area (TPSA) is 79.5 Å². The number of fused-ring (bicyclic) bond motifs is 2. The molecular formula is C15H19N3O2S. The number of hydrogen-bond donors (Lipinski definition) is 2. The second-order valence-corrected chi connectivity index (χ2v) is 6.68. The predicted molar refractivity (Wildman–Crippen MR) is 84.7 cm³/mol. The summed E-state index contributed by atoms with van der Waals surface area (Å²) in [6.45, 7) is 1.95. The number of nitrogens with zero attached hydrogens (tertiary/aromatic N) is 2. The SMILES string of the molecule is CC(O)CN(C)C(=O)c1sc2nc3c(cc2c1N)CCC3. The number of nitrogens with two attached hydrogens (primary N) is 1. The molecule has 1 atom stereocenters. The van der Waals surface area contributed by atoms with Gasteiger partial charge in [0, 0.05) is 24.7 Å². The number of nitrogen functional groups attached to an aromatic ring is 1. The van der Waals surface area contributed by atoms with Gasteiger partial charge in [-0.25, -0.2) is 4.98 Å². The monoisotopic (exact) mass is 305 g/mol. The van der Waals surface area contributed by atoms with Crippen LogP contribution < -0.4 is 5.73 Å². The number of aliphatic hydroxyl groups excluding tert-OH is 1. The van der Waals surface area contributed by atoms with Crippen molar-refractivity contribution in [3.05, 3.63) is 22.2 Å². The van der Waals surface area contributed by atoms with Crippen LogP contribution in [0, 0.1) is 0 Å². The molecule has 112 valence electrons. The van der Waals surface area contributed by atoms with Crippen molar-refractivity contribution in [2.45, 2.75) is 32.3 Å². The molecule has 2 aromatic rings. The molecule has 6 heteroatoms. The van der Waals surface area contributed by atoms with E-state index in [-0.39, 0.29) is 12.5 Å². The summed E-state index contributed by atoms with van der Waals surface area (Å²) < 4.78 is 0. The predicted octanol–water partition coefficient (Wildman–Crippen LogP) is 1.82. The van der Waals surface area contributed by atoms with Crippen molar-refractivity contribution in [2.24, 2.45) is 0 Å². The molecule has 0 radical (unpaired) electrons. The van der Waals surface area contributed by atoms with Crippen LogP contribution in [0.15, 0.2) is 6.07 Å². The summed E-state index contributed by atoms with van der Waals surface area (Å²) in [5.74, 6) is -0.156. The quantitative estimate of drug-likeness (QED) is 0.906. The molecule has 0 saturated carbocycles. The number of aryl methyl sites for hydroxylation is 2. The number of hydrogen-bond acceptors (Lipinski definition) is 5. The smallest absolute Gasteiger partial charge is 0.265 e. The van der Waals surface area contributed by atoms with E-state index in [0.717, 1.165) is 35.2 Å². The number of rotatable bonds is 3. The van der Waals surface area contributed by atoms with Gasteiger partial charge in [-0.05, 0) is 37.8 Å². The molecule has 1 amide bonds. The Morgan fingerprint density at radius 3 is 3.05 bits per heavy atom. The van der Waals surface area contributed by atoms with Crippen LogP contribution in [-0.2, 0) is 12.8 Å². The number of pyridine rings is 1. The van der Waals surface area contributed by atoms with Crippen LogP contribution in [0.3, 0.4) is 0 Å². The van der Waals surface area contributed by atoms with Crippen LogP contribution in [0.25, 0.3) is 10.2 Å². The molecule has 1 aliphatic carbocycles. The zero-order valence-corrected chi connectivity index (χ0v) is 13.0. The van der Waals surface area contributed by atoms with E-state index >= 15 is 0 Å². The average molecular weight is 305 g/mol. The Bertz CT molecular complexity index is 708. The zero-order valence-electron chi connectivity index (χ0n) is 12.2. The number of carbonyl (C=O) groups is 1. The normalized spacial score (nSPS) is 15.2. The Morgan fingerprint density at radius 1 is 1.57 bits per heavy atom. The van der Waals surface area contributed by atoms with Crippen LogP contribution in [-0.4, -0.2) is 40.6 Å². The Kier molecular flexibility index (Phi) is 3.59. The minimum atomic E-state index is -0.559. The number of carbonyl (C=O) groups excluding carboxylic acids is 1. The molecule has 2 aromatic heterocycles. The summed E-state index contributed by atoms with van der Waals surface area (Å²) in [6, 6.07) is 2.09. The first-order valence-corrected chi connectivity index (χ1v) is 7.93.